The highest BCUT2D eigenvalue weighted by molar-refractivity contribution is 5.95. The number of benzene rings is 1. The number of allylic oxidation sites excluding steroid dienone is 2. The fourth-order valence-electron chi connectivity index (χ4n) is 3.16. The quantitative estimate of drug-likeness (QED) is 0.265. The Hall–Kier alpha value is -4.29. The third-order valence-electron chi connectivity index (χ3n) is 4.76. The van der Waals surface area contributed by atoms with Gasteiger partial charge in [0, 0.05) is 42.8 Å². The molecule has 33 heavy (non-hydrogen) atoms. The number of carbonyl (C=O) groups is 1. The summed E-state index contributed by atoms with van der Waals surface area (Å²) in [5, 5.41) is 19.0. The van der Waals surface area contributed by atoms with Crippen molar-refractivity contribution >= 4 is 17.4 Å². The largest absolute Gasteiger partial charge is 0.390 e. The molecule has 0 fully saturated rings. The smallest absolute Gasteiger partial charge is 0.247 e. The van der Waals surface area contributed by atoms with E-state index in [1.54, 1.807) is 30.1 Å². The van der Waals surface area contributed by atoms with E-state index >= 15 is 0 Å². The summed E-state index contributed by atoms with van der Waals surface area (Å²) in [6.45, 7) is 2.65. The molecule has 4 N–H and O–H groups in total. The summed E-state index contributed by atoms with van der Waals surface area (Å²) in [7, 11) is 1.85. The fraction of sp³-hybridized carbons (Fsp3) is 0.208. The first-order chi connectivity index (χ1) is 16.0. The molecule has 0 radical (unpaired) electrons. The Bertz CT molecular complexity index is 1170. The molecular weight excluding hydrogens is 416 g/mol. The average molecular weight is 443 g/mol. The highest BCUT2D eigenvalue weighted by Gasteiger charge is 2.20. The molecule has 168 valence electrons. The standard InChI is InChI=1S/C24H26N8O/c1-17(12-21(26)13-25)27-10-11-28-23(18-6-4-3-5-7-18)24(33)31-22-9-8-19(14-29-22)20-15-30-32(2)16-20/h3-9,12,14-16,23,28H,10-11,26H2,1-2H3,(H,29,31,33)/b21-12-,27-17?. The molecule has 0 saturated carbocycles. The van der Waals surface area contributed by atoms with E-state index in [0.29, 0.717) is 24.6 Å². The lowest BCUT2D eigenvalue weighted by atomic mass is 10.1. The van der Waals surface area contributed by atoms with Crippen LogP contribution in [0.4, 0.5) is 5.82 Å². The van der Waals surface area contributed by atoms with Crippen LogP contribution >= 0.6 is 0 Å². The van der Waals surface area contributed by atoms with Crippen LogP contribution in [0.5, 0.6) is 0 Å². The van der Waals surface area contributed by atoms with Crippen molar-refractivity contribution in [1.29, 1.82) is 5.26 Å². The minimum absolute atomic E-state index is 0.104. The van der Waals surface area contributed by atoms with Gasteiger partial charge < -0.3 is 16.4 Å². The van der Waals surface area contributed by atoms with Crippen molar-refractivity contribution in [3.63, 3.8) is 0 Å². The molecule has 0 spiro atoms. The molecule has 1 aromatic carbocycles. The SMILES string of the molecule is CC(/C=C(\N)C#N)=NCCNC(C(=O)Nc1ccc(-c2cnn(C)c2)cn1)c1ccccc1. The van der Waals surface area contributed by atoms with Gasteiger partial charge in [-0.2, -0.15) is 10.4 Å². The molecule has 3 aromatic rings. The van der Waals surface area contributed by atoms with Crippen molar-refractivity contribution in [2.75, 3.05) is 18.4 Å². The van der Waals surface area contributed by atoms with Crippen LogP contribution in [0.25, 0.3) is 11.1 Å². The highest BCUT2D eigenvalue weighted by atomic mass is 16.2. The van der Waals surface area contributed by atoms with Crippen LogP contribution in [0, 0.1) is 11.3 Å². The first kappa shape index (κ1) is 23.4. The second-order valence-corrected chi connectivity index (χ2v) is 7.36. The lowest BCUT2D eigenvalue weighted by Gasteiger charge is -2.18. The van der Waals surface area contributed by atoms with Gasteiger partial charge in [0.1, 0.15) is 23.6 Å². The van der Waals surface area contributed by atoms with Crippen molar-refractivity contribution in [3.8, 4) is 17.2 Å². The number of hydrogen-bond acceptors (Lipinski definition) is 7. The van der Waals surface area contributed by atoms with Crippen molar-refractivity contribution in [3.05, 3.63) is 78.4 Å². The van der Waals surface area contributed by atoms with E-state index in [-0.39, 0.29) is 11.6 Å². The molecule has 2 heterocycles. The van der Waals surface area contributed by atoms with Gasteiger partial charge in [0.15, 0.2) is 0 Å². The van der Waals surface area contributed by atoms with Crippen LogP contribution in [-0.4, -0.2) is 39.5 Å². The van der Waals surface area contributed by atoms with Crippen LogP contribution in [-0.2, 0) is 11.8 Å². The second-order valence-electron chi connectivity index (χ2n) is 7.36. The molecule has 1 unspecified atom stereocenters. The van der Waals surface area contributed by atoms with Gasteiger partial charge in [-0.15, -0.1) is 0 Å². The van der Waals surface area contributed by atoms with E-state index in [1.807, 2.05) is 55.7 Å². The summed E-state index contributed by atoms with van der Waals surface area (Å²) < 4.78 is 1.72. The van der Waals surface area contributed by atoms with Crippen molar-refractivity contribution < 1.29 is 4.79 Å². The summed E-state index contributed by atoms with van der Waals surface area (Å²) >= 11 is 0. The number of anilines is 1. The molecule has 9 heteroatoms. The van der Waals surface area contributed by atoms with Gasteiger partial charge in [-0.1, -0.05) is 30.3 Å². The first-order valence-corrected chi connectivity index (χ1v) is 10.4. The number of rotatable bonds is 9. The molecule has 0 aliphatic carbocycles. The van der Waals surface area contributed by atoms with E-state index in [0.717, 1.165) is 16.7 Å². The normalized spacial score (nSPS) is 12.8. The van der Waals surface area contributed by atoms with Crippen molar-refractivity contribution in [2.45, 2.75) is 13.0 Å². The molecule has 3 rings (SSSR count). The third-order valence-corrected chi connectivity index (χ3v) is 4.76. The number of amides is 1. The lowest BCUT2D eigenvalue weighted by Crippen LogP contribution is -2.34. The number of aliphatic imine (C=N–C) groups is 1. The number of aryl methyl sites for hydroxylation is 1. The number of nitrogens with zero attached hydrogens (tertiary/aromatic N) is 5. The van der Waals surface area contributed by atoms with E-state index in [2.05, 4.69) is 25.7 Å². The predicted octanol–water partition coefficient (Wildman–Crippen LogP) is 2.58. The number of pyridine rings is 1. The number of nitrogens with one attached hydrogen (secondary N) is 2. The predicted molar refractivity (Wildman–Crippen MR) is 128 cm³/mol. The van der Waals surface area contributed by atoms with E-state index in [1.165, 1.54) is 6.08 Å². The van der Waals surface area contributed by atoms with Crippen molar-refractivity contribution in [1.82, 2.24) is 20.1 Å². The maximum Gasteiger partial charge on any atom is 0.247 e. The second kappa shape index (κ2) is 11.4. The van der Waals surface area contributed by atoms with Crippen LogP contribution in [0.1, 0.15) is 18.5 Å². The van der Waals surface area contributed by atoms with E-state index < -0.39 is 6.04 Å². The Morgan fingerprint density at radius 2 is 2.03 bits per heavy atom. The third kappa shape index (κ3) is 6.85. The van der Waals surface area contributed by atoms with Gasteiger partial charge in [-0.25, -0.2) is 4.98 Å². The topological polar surface area (TPSA) is 134 Å². The van der Waals surface area contributed by atoms with Crippen molar-refractivity contribution in [2.24, 2.45) is 17.8 Å². The summed E-state index contributed by atoms with van der Waals surface area (Å²) in [5.41, 5.74) is 8.95. The van der Waals surface area contributed by atoms with E-state index in [4.69, 9.17) is 11.0 Å². The van der Waals surface area contributed by atoms with Gasteiger partial charge in [0.25, 0.3) is 0 Å². The number of nitriles is 1. The highest BCUT2D eigenvalue weighted by Crippen LogP contribution is 2.20. The molecule has 0 bridgehead atoms. The monoisotopic (exact) mass is 442 g/mol. The Labute approximate surface area is 192 Å². The zero-order valence-corrected chi connectivity index (χ0v) is 18.6. The molecule has 9 nitrogen and oxygen atoms in total. The lowest BCUT2D eigenvalue weighted by molar-refractivity contribution is -0.118. The van der Waals surface area contributed by atoms with E-state index in [9.17, 15) is 4.79 Å². The molecular formula is C24H26N8O. The summed E-state index contributed by atoms with van der Waals surface area (Å²) in [5.74, 6) is 0.235. The van der Waals surface area contributed by atoms with Crippen LogP contribution < -0.4 is 16.4 Å². The molecule has 0 aliphatic heterocycles. The Morgan fingerprint density at radius 3 is 2.67 bits per heavy atom. The van der Waals surface area contributed by atoms with Crippen LogP contribution in [0.3, 0.4) is 0 Å². The zero-order chi connectivity index (χ0) is 23.6. The number of hydrogen-bond donors (Lipinski definition) is 3. The zero-order valence-electron chi connectivity index (χ0n) is 18.6. The average Bonchev–Trinajstić information content (AvgIpc) is 3.26. The van der Waals surface area contributed by atoms with Gasteiger partial charge in [0.05, 0.1) is 12.7 Å². The Balaban J connectivity index is 1.66. The molecule has 1 atom stereocenters. The molecule has 0 aliphatic rings. The van der Waals surface area contributed by atoms with Gasteiger partial charge in [-0.3, -0.25) is 14.5 Å². The number of carbonyl (C=O) groups excluding carboxylic acids is 1. The summed E-state index contributed by atoms with van der Waals surface area (Å²) in [6.07, 6.45) is 6.89. The maximum atomic E-state index is 13.1. The first-order valence-electron chi connectivity index (χ1n) is 10.4. The molecule has 2 aromatic heterocycles. The molecule has 0 saturated heterocycles. The van der Waals surface area contributed by atoms with Gasteiger partial charge in [-0.05, 0) is 30.7 Å². The Kier molecular flexibility index (Phi) is 8.05. The number of aromatic nitrogens is 3. The maximum absolute atomic E-state index is 13.1. The summed E-state index contributed by atoms with van der Waals surface area (Å²) in [6, 6.07) is 14.4. The Morgan fingerprint density at radius 1 is 1.24 bits per heavy atom. The van der Waals surface area contributed by atoms with Gasteiger partial charge >= 0.3 is 0 Å². The van der Waals surface area contributed by atoms with Crippen LogP contribution in [0.2, 0.25) is 0 Å². The van der Waals surface area contributed by atoms with Gasteiger partial charge in [0.2, 0.25) is 5.91 Å². The minimum Gasteiger partial charge on any atom is -0.390 e. The number of nitrogens with two attached hydrogens (primary N) is 1. The summed E-state index contributed by atoms with van der Waals surface area (Å²) in [4.78, 5) is 21.8. The minimum atomic E-state index is -0.582. The molecule has 1 amide bonds. The fourth-order valence-corrected chi connectivity index (χ4v) is 3.16. The van der Waals surface area contributed by atoms with Crippen LogP contribution in [0.15, 0.2) is 77.8 Å².